The predicted molar refractivity (Wildman–Crippen MR) is 71.4 cm³/mol. The maximum absolute atomic E-state index is 12.2. The molecule has 1 aliphatic rings. The molecule has 0 saturated carbocycles. The minimum Gasteiger partial charge on any atom is -0.317 e. The number of piperidine rings is 1. The van der Waals surface area contributed by atoms with Gasteiger partial charge in [0.15, 0.2) is 0 Å². The molecule has 1 rings (SSSR count). The zero-order valence-electron chi connectivity index (χ0n) is 11.4. The lowest BCUT2D eigenvalue weighted by Crippen LogP contribution is -2.50. The van der Waals surface area contributed by atoms with Gasteiger partial charge in [0.2, 0.25) is 10.0 Å². The highest BCUT2D eigenvalue weighted by Gasteiger charge is 2.33. The van der Waals surface area contributed by atoms with Gasteiger partial charge in [0, 0.05) is 19.1 Å². The van der Waals surface area contributed by atoms with Gasteiger partial charge < -0.3 is 5.32 Å². The van der Waals surface area contributed by atoms with E-state index in [0.717, 1.165) is 12.8 Å². The normalized spacial score (nSPS) is 27.6. The summed E-state index contributed by atoms with van der Waals surface area (Å²) in [6, 6.07) is 0.463. The first-order chi connectivity index (χ1) is 7.90. The molecule has 1 aliphatic heterocycles. The topological polar surface area (TPSA) is 49.4 Å². The summed E-state index contributed by atoms with van der Waals surface area (Å²) >= 11 is 0. The van der Waals surface area contributed by atoms with Crippen molar-refractivity contribution in [1.29, 1.82) is 0 Å². The van der Waals surface area contributed by atoms with Crippen molar-refractivity contribution >= 4 is 10.0 Å². The lowest BCUT2D eigenvalue weighted by atomic mass is 9.91. The molecule has 4 nitrogen and oxygen atoms in total. The fourth-order valence-electron chi connectivity index (χ4n) is 2.57. The van der Waals surface area contributed by atoms with Crippen molar-refractivity contribution in [2.24, 2.45) is 11.8 Å². The van der Waals surface area contributed by atoms with Crippen molar-refractivity contribution in [1.82, 2.24) is 9.62 Å². The van der Waals surface area contributed by atoms with Crippen LogP contribution in [-0.4, -0.2) is 44.7 Å². The van der Waals surface area contributed by atoms with E-state index >= 15 is 0 Å². The molecule has 17 heavy (non-hydrogen) atoms. The van der Waals surface area contributed by atoms with Crippen LogP contribution in [0.4, 0.5) is 0 Å². The second-order valence-electron chi connectivity index (χ2n) is 5.38. The summed E-state index contributed by atoms with van der Waals surface area (Å²) in [4.78, 5) is 0. The summed E-state index contributed by atoms with van der Waals surface area (Å²) in [6.45, 7) is 7.38. The lowest BCUT2D eigenvalue weighted by molar-refractivity contribution is 0.209. The van der Waals surface area contributed by atoms with E-state index < -0.39 is 10.0 Å². The monoisotopic (exact) mass is 262 g/mol. The standard InChI is InChI=1S/C12H26N2O2S/c1-5-11-8-14(7-6-12(11)13-4)17(15,16)9-10(2)3/h10-13H,5-9H2,1-4H3. The highest BCUT2D eigenvalue weighted by atomic mass is 32.2. The molecule has 0 aromatic heterocycles. The average Bonchev–Trinajstić information content (AvgIpc) is 2.26. The number of hydrogen-bond acceptors (Lipinski definition) is 3. The van der Waals surface area contributed by atoms with Gasteiger partial charge >= 0.3 is 0 Å². The Labute approximate surface area is 106 Å². The minimum absolute atomic E-state index is 0.196. The molecule has 102 valence electrons. The molecule has 0 aromatic rings. The molecule has 0 spiro atoms. The zero-order chi connectivity index (χ0) is 13.1. The fraction of sp³-hybridized carbons (Fsp3) is 1.00. The SMILES string of the molecule is CCC1CN(S(=O)(=O)CC(C)C)CCC1NC. The number of nitrogens with one attached hydrogen (secondary N) is 1. The van der Waals surface area contributed by atoms with Crippen LogP contribution in [0.3, 0.4) is 0 Å². The first-order valence-corrected chi connectivity index (χ1v) is 8.16. The van der Waals surface area contributed by atoms with Gasteiger partial charge in [0.05, 0.1) is 5.75 Å². The highest BCUT2D eigenvalue weighted by Crippen LogP contribution is 2.23. The fourth-order valence-corrected chi connectivity index (χ4v) is 4.43. The zero-order valence-corrected chi connectivity index (χ0v) is 12.3. The van der Waals surface area contributed by atoms with Crippen LogP contribution >= 0.6 is 0 Å². The first-order valence-electron chi connectivity index (χ1n) is 6.55. The maximum Gasteiger partial charge on any atom is 0.214 e. The molecule has 0 aromatic carbocycles. The molecular weight excluding hydrogens is 236 g/mol. The van der Waals surface area contributed by atoms with Crippen molar-refractivity contribution in [3.05, 3.63) is 0 Å². The molecule has 0 bridgehead atoms. The Morgan fingerprint density at radius 3 is 2.53 bits per heavy atom. The molecule has 1 fully saturated rings. The largest absolute Gasteiger partial charge is 0.317 e. The molecule has 5 heteroatoms. The van der Waals surface area contributed by atoms with E-state index in [9.17, 15) is 8.42 Å². The molecule has 1 saturated heterocycles. The van der Waals surface area contributed by atoms with Crippen molar-refractivity contribution in [3.63, 3.8) is 0 Å². The van der Waals surface area contributed by atoms with Crippen molar-refractivity contribution in [3.8, 4) is 0 Å². The van der Waals surface area contributed by atoms with Crippen LogP contribution in [0.25, 0.3) is 0 Å². The van der Waals surface area contributed by atoms with Crippen LogP contribution in [-0.2, 0) is 10.0 Å². The Bertz CT molecular complexity index is 327. The van der Waals surface area contributed by atoms with Gasteiger partial charge in [-0.05, 0) is 25.3 Å². The van der Waals surface area contributed by atoms with Crippen LogP contribution in [0.1, 0.15) is 33.6 Å². The third-order valence-electron chi connectivity index (χ3n) is 3.53. The first kappa shape index (κ1) is 14.9. The van der Waals surface area contributed by atoms with E-state index in [1.54, 1.807) is 4.31 Å². The quantitative estimate of drug-likeness (QED) is 0.812. The Hall–Kier alpha value is -0.130. The van der Waals surface area contributed by atoms with Crippen LogP contribution < -0.4 is 5.32 Å². The van der Waals surface area contributed by atoms with Gasteiger partial charge in [-0.15, -0.1) is 0 Å². The molecule has 0 aliphatic carbocycles. The summed E-state index contributed by atoms with van der Waals surface area (Å²) in [7, 11) is -1.09. The third kappa shape index (κ3) is 3.93. The van der Waals surface area contributed by atoms with Gasteiger partial charge in [0.1, 0.15) is 0 Å². The van der Waals surface area contributed by atoms with Crippen molar-refractivity contribution in [2.75, 3.05) is 25.9 Å². The van der Waals surface area contributed by atoms with E-state index in [0.29, 0.717) is 25.0 Å². The summed E-state index contributed by atoms with van der Waals surface area (Å²) < 4.78 is 26.0. The Morgan fingerprint density at radius 2 is 2.06 bits per heavy atom. The lowest BCUT2D eigenvalue weighted by Gasteiger charge is -2.37. The van der Waals surface area contributed by atoms with E-state index in [1.165, 1.54) is 0 Å². The molecule has 2 atom stereocenters. The molecule has 2 unspecified atom stereocenters. The van der Waals surface area contributed by atoms with Gasteiger partial charge in [-0.25, -0.2) is 12.7 Å². The third-order valence-corrected chi connectivity index (χ3v) is 5.74. The second-order valence-corrected chi connectivity index (χ2v) is 7.40. The molecule has 1 N–H and O–H groups in total. The van der Waals surface area contributed by atoms with Crippen molar-refractivity contribution < 1.29 is 8.42 Å². The van der Waals surface area contributed by atoms with E-state index in [1.807, 2.05) is 20.9 Å². The maximum atomic E-state index is 12.2. The second kappa shape index (κ2) is 6.16. The molecule has 1 heterocycles. The Morgan fingerprint density at radius 1 is 1.41 bits per heavy atom. The van der Waals surface area contributed by atoms with E-state index in [4.69, 9.17) is 0 Å². The van der Waals surface area contributed by atoms with Crippen LogP contribution in [0.2, 0.25) is 0 Å². The summed E-state index contributed by atoms with van der Waals surface area (Å²) in [5.41, 5.74) is 0. The molecule has 0 radical (unpaired) electrons. The smallest absolute Gasteiger partial charge is 0.214 e. The number of nitrogens with zero attached hydrogens (tertiary/aromatic N) is 1. The van der Waals surface area contributed by atoms with Crippen LogP contribution in [0.5, 0.6) is 0 Å². The summed E-state index contributed by atoms with van der Waals surface area (Å²) in [5.74, 6) is 0.908. The van der Waals surface area contributed by atoms with E-state index in [-0.39, 0.29) is 11.7 Å². The predicted octanol–water partition coefficient (Wildman–Crippen LogP) is 1.29. The highest BCUT2D eigenvalue weighted by molar-refractivity contribution is 7.89. The van der Waals surface area contributed by atoms with Gasteiger partial charge in [-0.3, -0.25) is 0 Å². The number of hydrogen-bond donors (Lipinski definition) is 1. The van der Waals surface area contributed by atoms with Crippen LogP contribution in [0.15, 0.2) is 0 Å². The molecular formula is C12H26N2O2S. The number of sulfonamides is 1. The Kier molecular flexibility index (Phi) is 5.41. The van der Waals surface area contributed by atoms with Gasteiger partial charge in [-0.1, -0.05) is 27.2 Å². The van der Waals surface area contributed by atoms with Crippen LogP contribution in [0, 0.1) is 11.8 Å². The summed E-state index contributed by atoms with van der Waals surface area (Å²) in [5, 5.41) is 3.30. The minimum atomic E-state index is -3.05. The van der Waals surface area contributed by atoms with Gasteiger partial charge in [-0.2, -0.15) is 0 Å². The van der Waals surface area contributed by atoms with E-state index in [2.05, 4.69) is 12.2 Å². The Balaban J connectivity index is 2.69. The van der Waals surface area contributed by atoms with Crippen molar-refractivity contribution in [2.45, 2.75) is 39.7 Å². The van der Waals surface area contributed by atoms with Gasteiger partial charge in [0.25, 0.3) is 0 Å². The average molecular weight is 262 g/mol. The number of rotatable bonds is 5. The molecule has 0 amide bonds. The summed E-state index contributed by atoms with van der Waals surface area (Å²) in [6.07, 6.45) is 1.95.